The minimum Gasteiger partial charge on any atom is -0.469 e. The molecule has 3 nitrogen and oxygen atoms in total. The molecule has 2 N–H and O–H groups in total. The van der Waals surface area contributed by atoms with Crippen molar-refractivity contribution in [1.29, 1.82) is 0 Å². The summed E-state index contributed by atoms with van der Waals surface area (Å²) < 4.78 is 4.61. The van der Waals surface area contributed by atoms with Crippen molar-refractivity contribution in [2.24, 2.45) is 11.7 Å². The van der Waals surface area contributed by atoms with Crippen molar-refractivity contribution in [3.63, 3.8) is 0 Å². The average Bonchev–Trinajstić information content (AvgIpc) is 2.08. The predicted molar refractivity (Wildman–Crippen MR) is 46.4 cm³/mol. The lowest BCUT2D eigenvalue weighted by Gasteiger charge is -2.20. The van der Waals surface area contributed by atoms with Crippen LogP contribution < -0.4 is 5.73 Å². The van der Waals surface area contributed by atoms with Crippen LogP contribution >= 0.6 is 11.6 Å². The number of ether oxygens (including phenoxy) is 1. The zero-order valence-corrected chi connectivity index (χ0v) is 7.73. The lowest BCUT2D eigenvalue weighted by molar-refractivity contribution is -0.145. The van der Waals surface area contributed by atoms with Gasteiger partial charge in [-0.2, -0.15) is 0 Å². The normalized spacial score (nSPS) is 24.0. The maximum atomic E-state index is 11.1. The Kier molecular flexibility index (Phi) is 2.98. The number of allylic oxidation sites excluding steroid dienone is 2. The van der Waals surface area contributed by atoms with E-state index in [0.29, 0.717) is 23.6 Å². The average molecular weight is 190 g/mol. The van der Waals surface area contributed by atoms with Gasteiger partial charge >= 0.3 is 5.97 Å². The summed E-state index contributed by atoms with van der Waals surface area (Å²) in [7, 11) is 1.39. The summed E-state index contributed by atoms with van der Waals surface area (Å²) >= 11 is 5.78. The Morgan fingerprint density at radius 1 is 1.75 bits per heavy atom. The first kappa shape index (κ1) is 9.39. The largest absolute Gasteiger partial charge is 0.469 e. The van der Waals surface area contributed by atoms with Crippen molar-refractivity contribution >= 4 is 17.6 Å². The van der Waals surface area contributed by atoms with Crippen LogP contribution in [-0.2, 0) is 9.53 Å². The van der Waals surface area contributed by atoms with Crippen LogP contribution in [0.4, 0.5) is 0 Å². The molecule has 1 unspecified atom stereocenters. The highest BCUT2D eigenvalue weighted by Gasteiger charge is 2.24. The molecule has 0 fully saturated rings. The molecular weight excluding hydrogens is 178 g/mol. The van der Waals surface area contributed by atoms with Gasteiger partial charge in [0.15, 0.2) is 0 Å². The molecule has 0 spiro atoms. The van der Waals surface area contributed by atoms with Crippen molar-refractivity contribution in [2.75, 3.05) is 7.11 Å². The molecule has 0 radical (unpaired) electrons. The van der Waals surface area contributed by atoms with Gasteiger partial charge in [-0.1, -0.05) is 11.6 Å². The van der Waals surface area contributed by atoms with Gasteiger partial charge in [0, 0.05) is 17.2 Å². The summed E-state index contributed by atoms with van der Waals surface area (Å²) in [6.45, 7) is 0. The van der Waals surface area contributed by atoms with Crippen LogP contribution in [-0.4, -0.2) is 13.1 Å². The van der Waals surface area contributed by atoms with E-state index >= 15 is 0 Å². The molecule has 1 aliphatic carbocycles. The van der Waals surface area contributed by atoms with Gasteiger partial charge in [0.2, 0.25) is 0 Å². The minimum absolute atomic E-state index is 0.0995. The lowest BCUT2D eigenvalue weighted by Crippen LogP contribution is -2.22. The van der Waals surface area contributed by atoms with Crippen molar-refractivity contribution in [2.45, 2.75) is 19.3 Å². The first-order chi connectivity index (χ1) is 5.65. The van der Waals surface area contributed by atoms with E-state index in [1.165, 1.54) is 7.11 Å². The van der Waals surface area contributed by atoms with Crippen LogP contribution in [0.15, 0.2) is 10.7 Å². The molecule has 68 valence electrons. The molecule has 0 saturated carbocycles. The summed E-state index contributed by atoms with van der Waals surface area (Å²) in [6, 6.07) is 0. The number of halogens is 1. The molecule has 1 atom stereocenters. The Labute approximate surface area is 76.5 Å². The molecule has 0 amide bonds. The standard InChI is InChI=1S/C8H12ClNO2/c1-12-8(11)5-2-3-6(9)7(10)4-5/h5H,2-4,10H2,1H3. The molecule has 1 aliphatic rings. The van der Waals surface area contributed by atoms with E-state index in [2.05, 4.69) is 4.74 Å². The van der Waals surface area contributed by atoms with Crippen LogP contribution in [0, 0.1) is 5.92 Å². The maximum absolute atomic E-state index is 11.1. The number of hydrogen-bond acceptors (Lipinski definition) is 3. The van der Waals surface area contributed by atoms with Crippen LogP contribution in [0.2, 0.25) is 0 Å². The zero-order chi connectivity index (χ0) is 9.14. The van der Waals surface area contributed by atoms with Crippen molar-refractivity contribution in [3.05, 3.63) is 10.7 Å². The van der Waals surface area contributed by atoms with Crippen molar-refractivity contribution < 1.29 is 9.53 Å². The Bertz CT molecular complexity index is 225. The van der Waals surface area contributed by atoms with E-state index in [1.807, 2.05) is 0 Å². The molecule has 12 heavy (non-hydrogen) atoms. The molecule has 0 aromatic heterocycles. The zero-order valence-electron chi connectivity index (χ0n) is 6.97. The SMILES string of the molecule is COC(=O)C1CCC(Cl)=C(N)C1. The van der Waals surface area contributed by atoms with Gasteiger partial charge < -0.3 is 10.5 Å². The Morgan fingerprint density at radius 2 is 2.42 bits per heavy atom. The third kappa shape index (κ3) is 1.91. The van der Waals surface area contributed by atoms with Gasteiger partial charge in [0.1, 0.15) is 0 Å². The molecule has 0 bridgehead atoms. The topological polar surface area (TPSA) is 52.3 Å². The molecule has 0 aromatic carbocycles. The summed E-state index contributed by atoms with van der Waals surface area (Å²) in [5.41, 5.74) is 6.22. The van der Waals surface area contributed by atoms with E-state index in [1.54, 1.807) is 0 Å². The predicted octanol–water partition coefficient (Wildman–Crippen LogP) is 1.37. The molecule has 0 aliphatic heterocycles. The highest BCUT2D eigenvalue weighted by atomic mass is 35.5. The van der Waals surface area contributed by atoms with E-state index in [9.17, 15) is 4.79 Å². The minimum atomic E-state index is -0.192. The summed E-state index contributed by atoms with van der Waals surface area (Å²) in [4.78, 5) is 11.1. The number of carbonyl (C=O) groups excluding carboxylic acids is 1. The Morgan fingerprint density at radius 3 is 2.92 bits per heavy atom. The van der Waals surface area contributed by atoms with Gasteiger partial charge in [-0.15, -0.1) is 0 Å². The third-order valence-electron chi connectivity index (χ3n) is 2.06. The fraction of sp³-hybridized carbons (Fsp3) is 0.625. The van der Waals surface area contributed by atoms with Gasteiger partial charge in [-0.3, -0.25) is 4.79 Å². The van der Waals surface area contributed by atoms with Crippen molar-refractivity contribution in [3.8, 4) is 0 Å². The number of nitrogens with two attached hydrogens (primary N) is 1. The summed E-state index contributed by atoms with van der Waals surface area (Å²) in [6.07, 6.45) is 1.96. The smallest absolute Gasteiger partial charge is 0.309 e. The van der Waals surface area contributed by atoms with E-state index in [4.69, 9.17) is 17.3 Å². The second-order valence-electron chi connectivity index (χ2n) is 2.89. The van der Waals surface area contributed by atoms with E-state index in [-0.39, 0.29) is 11.9 Å². The van der Waals surface area contributed by atoms with Gasteiger partial charge in [-0.25, -0.2) is 0 Å². The lowest BCUT2D eigenvalue weighted by atomic mass is 9.92. The number of methoxy groups -OCH3 is 1. The first-order valence-corrected chi connectivity index (χ1v) is 4.23. The molecule has 0 aromatic rings. The number of rotatable bonds is 1. The summed E-state index contributed by atoms with van der Waals surface area (Å²) in [5.74, 6) is -0.292. The highest BCUT2D eigenvalue weighted by Crippen LogP contribution is 2.29. The molecule has 4 heteroatoms. The Hall–Kier alpha value is -0.700. The van der Waals surface area contributed by atoms with Crippen LogP contribution in [0.5, 0.6) is 0 Å². The van der Waals surface area contributed by atoms with Gasteiger partial charge in [0.05, 0.1) is 13.0 Å². The van der Waals surface area contributed by atoms with Crippen LogP contribution in [0.25, 0.3) is 0 Å². The second kappa shape index (κ2) is 3.81. The van der Waals surface area contributed by atoms with E-state index < -0.39 is 0 Å². The first-order valence-electron chi connectivity index (χ1n) is 3.86. The highest BCUT2D eigenvalue weighted by molar-refractivity contribution is 6.30. The number of carbonyl (C=O) groups is 1. The fourth-order valence-corrected chi connectivity index (χ4v) is 1.49. The summed E-state index contributed by atoms with van der Waals surface area (Å²) in [5, 5.41) is 0.690. The molecule has 0 saturated heterocycles. The Balaban J connectivity index is 2.60. The van der Waals surface area contributed by atoms with Gasteiger partial charge in [0.25, 0.3) is 0 Å². The number of hydrogen-bond donors (Lipinski definition) is 1. The second-order valence-corrected chi connectivity index (χ2v) is 3.35. The number of esters is 1. The van der Waals surface area contributed by atoms with Crippen LogP contribution in [0.1, 0.15) is 19.3 Å². The van der Waals surface area contributed by atoms with Crippen molar-refractivity contribution in [1.82, 2.24) is 0 Å². The fourth-order valence-electron chi connectivity index (χ4n) is 1.31. The van der Waals surface area contributed by atoms with Crippen LogP contribution in [0.3, 0.4) is 0 Å². The quantitative estimate of drug-likeness (QED) is 0.634. The third-order valence-corrected chi connectivity index (χ3v) is 2.49. The van der Waals surface area contributed by atoms with Gasteiger partial charge in [-0.05, 0) is 12.8 Å². The molecule has 1 rings (SSSR count). The maximum Gasteiger partial charge on any atom is 0.309 e. The molecular formula is C8H12ClNO2. The van der Waals surface area contributed by atoms with E-state index in [0.717, 1.165) is 6.42 Å². The monoisotopic (exact) mass is 189 g/mol. The molecule has 0 heterocycles.